The van der Waals surface area contributed by atoms with Crippen molar-refractivity contribution in [2.24, 2.45) is 4.99 Å². The lowest BCUT2D eigenvalue weighted by Crippen LogP contribution is -1.93. The molecule has 1 amide bonds. The maximum absolute atomic E-state index is 10.9. The first-order chi connectivity index (χ1) is 5.20. The minimum absolute atomic E-state index is 0.0729. The predicted octanol–water partition coefficient (Wildman–Crippen LogP) is -0.211. The van der Waals surface area contributed by atoms with Gasteiger partial charge in [-0.2, -0.15) is 0 Å². The molecule has 0 aliphatic carbocycles. The van der Waals surface area contributed by atoms with E-state index in [-0.39, 0.29) is 11.5 Å². The Bertz CT molecular complexity index is 367. The molecule has 4 nitrogen and oxygen atoms in total. The summed E-state index contributed by atoms with van der Waals surface area (Å²) in [5.41, 5.74) is 0.721. The number of aromatic amines is 1. The molecular formula is C6H3BN2O2. The van der Waals surface area contributed by atoms with Crippen LogP contribution < -0.4 is 0 Å². The number of nitrogens with one attached hydrogen (secondary N) is 1. The summed E-state index contributed by atoms with van der Waals surface area (Å²) in [6, 6.07) is 0. The van der Waals surface area contributed by atoms with E-state index in [1.54, 1.807) is 0 Å². The van der Waals surface area contributed by atoms with Crippen LogP contribution in [0.25, 0.3) is 0 Å². The number of aromatic hydroxyl groups is 1. The summed E-state index contributed by atoms with van der Waals surface area (Å²) in [7, 11) is 5.33. The average Bonchev–Trinajstić information content (AvgIpc) is 2.41. The summed E-state index contributed by atoms with van der Waals surface area (Å²) >= 11 is 0. The van der Waals surface area contributed by atoms with Gasteiger partial charge in [0.25, 0.3) is 5.91 Å². The molecule has 52 valence electrons. The number of hydrogen-bond acceptors (Lipinski definition) is 2. The molecule has 0 atom stereocenters. The van der Waals surface area contributed by atoms with Gasteiger partial charge in [-0.25, -0.2) is 4.99 Å². The topological polar surface area (TPSA) is 65.5 Å². The highest BCUT2D eigenvalue weighted by Crippen LogP contribution is 2.25. The molecule has 11 heavy (non-hydrogen) atoms. The van der Waals surface area contributed by atoms with Crippen molar-refractivity contribution in [3.8, 4) is 5.88 Å². The Labute approximate surface area is 63.4 Å². The zero-order valence-corrected chi connectivity index (χ0v) is 5.46. The molecule has 1 aromatic rings. The van der Waals surface area contributed by atoms with Crippen LogP contribution in [0, 0.1) is 0 Å². The molecule has 0 bridgehead atoms. The van der Waals surface area contributed by atoms with E-state index in [2.05, 4.69) is 9.98 Å². The molecule has 2 N–H and O–H groups in total. The summed E-state index contributed by atoms with van der Waals surface area (Å²) < 4.78 is 0. The maximum Gasteiger partial charge on any atom is 0.278 e. The zero-order chi connectivity index (χ0) is 8.01. The van der Waals surface area contributed by atoms with Crippen molar-refractivity contribution in [1.82, 2.24) is 4.98 Å². The first-order valence-corrected chi connectivity index (χ1v) is 2.99. The number of fused-ring (bicyclic) bond motifs is 1. The molecule has 2 radical (unpaired) electrons. The van der Waals surface area contributed by atoms with Crippen molar-refractivity contribution < 1.29 is 9.90 Å². The molecule has 0 fully saturated rings. The second-order valence-corrected chi connectivity index (χ2v) is 2.23. The number of carbonyl (C=O) groups excluding carboxylic acids is 1. The highest BCUT2D eigenvalue weighted by Gasteiger charge is 2.24. The van der Waals surface area contributed by atoms with E-state index in [1.165, 1.54) is 6.20 Å². The first kappa shape index (κ1) is 6.21. The number of H-pyrrole nitrogens is 1. The SMILES string of the molecule is [B]C1=NC(=O)c2c[nH]c(O)c21. The Hall–Kier alpha value is -1.52. The summed E-state index contributed by atoms with van der Waals surface area (Å²) in [5, 5.41) is 9.09. The number of aliphatic imine (C=N–C) groups is 1. The van der Waals surface area contributed by atoms with E-state index in [4.69, 9.17) is 13.0 Å². The minimum atomic E-state index is -0.408. The molecule has 0 saturated carbocycles. The van der Waals surface area contributed by atoms with Gasteiger partial charge in [0.05, 0.1) is 11.1 Å². The molecule has 0 saturated heterocycles. The third-order valence-corrected chi connectivity index (χ3v) is 1.57. The second kappa shape index (κ2) is 1.75. The van der Waals surface area contributed by atoms with Crippen molar-refractivity contribution in [1.29, 1.82) is 0 Å². The van der Waals surface area contributed by atoms with Gasteiger partial charge >= 0.3 is 0 Å². The molecular weight excluding hydrogens is 143 g/mol. The smallest absolute Gasteiger partial charge is 0.278 e. The third-order valence-electron chi connectivity index (χ3n) is 1.57. The Balaban J connectivity index is 2.75. The minimum Gasteiger partial charge on any atom is -0.494 e. The van der Waals surface area contributed by atoms with Gasteiger partial charge in [-0.3, -0.25) is 4.79 Å². The molecule has 1 aliphatic rings. The normalized spacial score (nSPS) is 14.9. The fourth-order valence-corrected chi connectivity index (χ4v) is 1.07. The summed E-state index contributed by atoms with van der Waals surface area (Å²) in [5.74, 6) is -0.513. The quantitative estimate of drug-likeness (QED) is 0.497. The zero-order valence-electron chi connectivity index (χ0n) is 5.46. The molecule has 0 unspecified atom stereocenters. The van der Waals surface area contributed by atoms with E-state index in [0.29, 0.717) is 11.1 Å². The average molecular weight is 146 g/mol. The Morgan fingerprint density at radius 1 is 1.64 bits per heavy atom. The van der Waals surface area contributed by atoms with E-state index in [9.17, 15) is 4.79 Å². The molecule has 0 aromatic carbocycles. The van der Waals surface area contributed by atoms with E-state index in [1.807, 2.05) is 0 Å². The van der Waals surface area contributed by atoms with Gasteiger partial charge in [-0.1, -0.05) is 0 Å². The van der Waals surface area contributed by atoms with Crippen LogP contribution >= 0.6 is 0 Å². The Kier molecular flexibility index (Phi) is 0.988. The summed E-state index contributed by atoms with van der Waals surface area (Å²) in [4.78, 5) is 16.8. The standard InChI is InChI=1S/C6H3BN2O2/c7-4-3-2(5(10)9-4)1-8-6(3)11/h1,8,11H. The van der Waals surface area contributed by atoms with Crippen molar-refractivity contribution in [3.63, 3.8) is 0 Å². The Morgan fingerprint density at radius 3 is 3.00 bits per heavy atom. The summed E-state index contributed by atoms with van der Waals surface area (Å²) in [6.07, 6.45) is 1.39. The van der Waals surface area contributed by atoms with Crippen molar-refractivity contribution in [2.45, 2.75) is 0 Å². The lowest BCUT2D eigenvalue weighted by molar-refractivity contribution is 0.101. The lowest BCUT2D eigenvalue weighted by atomic mass is 9.95. The largest absolute Gasteiger partial charge is 0.494 e. The highest BCUT2D eigenvalue weighted by atomic mass is 16.3. The fourth-order valence-electron chi connectivity index (χ4n) is 1.07. The number of aromatic nitrogens is 1. The van der Waals surface area contributed by atoms with Gasteiger partial charge in [0.2, 0.25) is 0 Å². The summed E-state index contributed by atoms with van der Waals surface area (Å²) in [6.45, 7) is 0. The number of hydrogen-bond donors (Lipinski definition) is 2. The number of nitrogens with zero attached hydrogens (tertiary/aromatic N) is 1. The van der Waals surface area contributed by atoms with E-state index >= 15 is 0 Å². The van der Waals surface area contributed by atoms with Crippen LogP contribution in [0.1, 0.15) is 15.9 Å². The first-order valence-electron chi connectivity index (χ1n) is 2.99. The monoisotopic (exact) mass is 146 g/mol. The Morgan fingerprint density at radius 2 is 2.36 bits per heavy atom. The maximum atomic E-state index is 10.9. The van der Waals surface area contributed by atoms with Crippen LogP contribution in [0.3, 0.4) is 0 Å². The van der Waals surface area contributed by atoms with Crippen LogP contribution in [0.4, 0.5) is 0 Å². The number of rotatable bonds is 0. The molecule has 2 rings (SSSR count). The molecule has 2 heterocycles. The van der Waals surface area contributed by atoms with Crippen molar-refractivity contribution in [3.05, 3.63) is 17.3 Å². The van der Waals surface area contributed by atoms with Crippen LogP contribution in [-0.4, -0.2) is 29.5 Å². The van der Waals surface area contributed by atoms with Gasteiger partial charge in [-0.05, 0) is 0 Å². The van der Waals surface area contributed by atoms with Gasteiger partial charge in [-0.15, -0.1) is 0 Å². The van der Waals surface area contributed by atoms with Gasteiger partial charge in [0.15, 0.2) is 5.88 Å². The number of amides is 1. The van der Waals surface area contributed by atoms with Gasteiger partial charge < -0.3 is 10.1 Å². The van der Waals surface area contributed by atoms with Crippen molar-refractivity contribution >= 4 is 19.4 Å². The molecule has 1 aliphatic heterocycles. The van der Waals surface area contributed by atoms with Gasteiger partial charge in [0.1, 0.15) is 7.85 Å². The van der Waals surface area contributed by atoms with E-state index < -0.39 is 5.91 Å². The number of carbonyl (C=O) groups is 1. The van der Waals surface area contributed by atoms with Crippen LogP contribution in [0.15, 0.2) is 11.2 Å². The lowest BCUT2D eigenvalue weighted by Gasteiger charge is -1.89. The predicted molar refractivity (Wildman–Crippen MR) is 39.1 cm³/mol. The third kappa shape index (κ3) is 0.647. The molecule has 1 aromatic heterocycles. The van der Waals surface area contributed by atoms with Crippen molar-refractivity contribution in [2.75, 3.05) is 0 Å². The molecule has 5 heteroatoms. The van der Waals surface area contributed by atoms with Crippen LogP contribution in [-0.2, 0) is 0 Å². The van der Waals surface area contributed by atoms with E-state index in [0.717, 1.165) is 0 Å². The molecule has 0 spiro atoms. The second-order valence-electron chi connectivity index (χ2n) is 2.23. The highest BCUT2D eigenvalue weighted by molar-refractivity contribution is 6.67. The van der Waals surface area contributed by atoms with Gasteiger partial charge in [0, 0.05) is 11.8 Å². The fraction of sp³-hybridized carbons (Fsp3) is 0. The van der Waals surface area contributed by atoms with Crippen LogP contribution in [0.5, 0.6) is 5.88 Å². The van der Waals surface area contributed by atoms with Crippen LogP contribution in [0.2, 0.25) is 0 Å².